The van der Waals surface area contributed by atoms with Crippen molar-refractivity contribution >= 4 is 29.0 Å². The van der Waals surface area contributed by atoms with Crippen molar-refractivity contribution in [3.8, 4) is 5.75 Å². The fraction of sp³-hybridized carbons (Fsp3) is 0.0476. The molecule has 2 heterocycles. The summed E-state index contributed by atoms with van der Waals surface area (Å²) < 4.78 is 5.73. The van der Waals surface area contributed by atoms with Crippen molar-refractivity contribution in [1.82, 2.24) is 14.9 Å². The smallest absolute Gasteiger partial charge is 0.415 e. The molecule has 138 valence electrons. The summed E-state index contributed by atoms with van der Waals surface area (Å²) in [5.74, 6) is 1.16. The number of ether oxygens (including phenoxy) is 1. The molecule has 1 aromatic heterocycles. The number of hydrogen-bond acceptors (Lipinski definition) is 5. The molecular weight excluding hydrogens is 356 g/mol. The zero-order valence-electron chi connectivity index (χ0n) is 14.8. The summed E-state index contributed by atoms with van der Waals surface area (Å²) in [6.07, 6.45) is 8.48. The van der Waals surface area contributed by atoms with Gasteiger partial charge in [0, 0.05) is 23.0 Å². The Morgan fingerprint density at radius 3 is 2.89 bits per heavy atom. The van der Waals surface area contributed by atoms with Crippen LogP contribution in [0.1, 0.15) is 0 Å². The van der Waals surface area contributed by atoms with E-state index in [-0.39, 0.29) is 0 Å². The van der Waals surface area contributed by atoms with Crippen molar-refractivity contribution < 1.29 is 14.6 Å². The number of aromatic nitrogens is 2. The summed E-state index contributed by atoms with van der Waals surface area (Å²) in [5, 5.41) is 11.5. The highest BCUT2D eigenvalue weighted by Crippen LogP contribution is 2.25. The Hall–Kier alpha value is -4.00. The van der Waals surface area contributed by atoms with Gasteiger partial charge in [0.25, 0.3) is 0 Å². The van der Waals surface area contributed by atoms with Gasteiger partial charge in [0.1, 0.15) is 18.7 Å². The number of carboxylic acid groups (broad SMARTS) is 1. The molecule has 0 atom stereocenters. The quantitative estimate of drug-likeness (QED) is 0.656. The summed E-state index contributed by atoms with van der Waals surface area (Å²) >= 11 is 0. The maximum absolute atomic E-state index is 11.6. The van der Waals surface area contributed by atoms with Crippen LogP contribution in [-0.4, -0.2) is 32.7 Å². The first-order chi connectivity index (χ1) is 13.7. The van der Waals surface area contributed by atoms with Gasteiger partial charge in [-0.25, -0.2) is 19.8 Å². The van der Waals surface area contributed by atoms with E-state index in [4.69, 9.17) is 4.74 Å². The maximum atomic E-state index is 11.6. The third-order valence-electron chi connectivity index (χ3n) is 4.09. The van der Waals surface area contributed by atoms with Gasteiger partial charge in [-0.1, -0.05) is 24.3 Å². The summed E-state index contributed by atoms with van der Waals surface area (Å²) in [5.41, 5.74) is 0.747. The molecule has 0 saturated carbocycles. The van der Waals surface area contributed by atoms with E-state index >= 15 is 0 Å². The molecule has 28 heavy (non-hydrogen) atoms. The number of rotatable bonds is 0. The van der Waals surface area contributed by atoms with Crippen molar-refractivity contribution in [2.24, 2.45) is 4.99 Å². The Kier molecular flexibility index (Phi) is 4.79. The molecule has 0 unspecified atom stereocenters. The van der Waals surface area contributed by atoms with Crippen molar-refractivity contribution in [2.45, 2.75) is 0 Å². The Morgan fingerprint density at radius 2 is 2.00 bits per heavy atom. The summed E-state index contributed by atoms with van der Waals surface area (Å²) in [7, 11) is 0. The second kappa shape index (κ2) is 7.71. The molecule has 2 aromatic carbocycles. The Bertz CT molecular complexity index is 1220. The molecule has 7 heteroatoms. The Balaban J connectivity index is 2.00. The molecule has 0 aliphatic carbocycles. The first-order valence-electron chi connectivity index (χ1n) is 8.58. The van der Waals surface area contributed by atoms with Crippen molar-refractivity contribution in [2.75, 3.05) is 6.61 Å². The topological polar surface area (TPSA) is 87.9 Å². The van der Waals surface area contributed by atoms with Gasteiger partial charge in [-0.05, 0) is 36.4 Å². The molecule has 1 aliphatic heterocycles. The van der Waals surface area contributed by atoms with E-state index in [1.165, 1.54) is 18.7 Å². The van der Waals surface area contributed by atoms with Crippen LogP contribution in [0.15, 0.2) is 78.2 Å². The lowest BCUT2D eigenvalue weighted by atomic mass is 10.2. The van der Waals surface area contributed by atoms with Gasteiger partial charge in [-0.15, -0.1) is 0 Å². The maximum Gasteiger partial charge on any atom is 0.415 e. The van der Waals surface area contributed by atoms with Gasteiger partial charge in [-0.2, -0.15) is 0 Å². The molecular formula is C21H16N4O3. The number of carbonyl (C=O) groups is 1. The second-order valence-corrected chi connectivity index (χ2v) is 5.95. The van der Waals surface area contributed by atoms with Crippen LogP contribution in [0.4, 0.5) is 10.6 Å². The number of benzene rings is 2. The standard InChI is InChI=1S/C21H16N4O3/c26-21(27)25-10-4-1-5-11-28-16-8-9-19-17(12-16)20(23-14-22-19)24-18-7-3-2-6-15(18)13-25/h1-10,12-14H,11H2,(H,26,27)/b5-1-,10-4?,15-13-,24-18?. The first-order valence-corrected chi connectivity index (χ1v) is 8.58. The number of hydrogen-bond donors (Lipinski definition) is 1. The highest BCUT2D eigenvalue weighted by atomic mass is 16.5. The number of fused-ring (bicyclic) bond motifs is 2. The van der Waals surface area contributed by atoms with E-state index in [1.54, 1.807) is 24.3 Å². The van der Waals surface area contributed by atoms with E-state index in [0.29, 0.717) is 28.8 Å². The van der Waals surface area contributed by atoms with Crippen molar-refractivity contribution in [3.05, 3.63) is 83.8 Å². The third-order valence-corrected chi connectivity index (χ3v) is 4.09. The normalized spacial score (nSPS) is 16.0. The molecule has 1 amide bonds. The van der Waals surface area contributed by atoms with Gasteiger partial charge in [-0.3, -0.25) is 4.90 Å². The second-order valence-electron chi connectivity index (χ2n) is 5.95. The van der Waals surface area contributed by atoms with Gasteiger partial charge in [0.2, 0.25) is 0 Å². The lowest BCUT2D eigenvalue weighted by molar-refractivity contribution is 0.179. The zero-order chi connectivity index (χ0) is 19.3. The molecule has 2 bridgehead atoms. The van der Waals surface area contributed by atoms with Gasteiger partial charge >= 0.3 is 6.09 Å². The zero-order valence-corrected chi connectivity index (χ0v) is 14.8. The molecule has 0 radical (unpaired) electrons. The fourth-order valence-electron chi connectivity index (χ4n) is 2.75. The number of nitrogens with zero attached hydrogens (tertiary/aromatic N) is 4. The van der Waals surface area contributed by atoms with Gasteiger partial charge < -0.3 is 9.84 Å². The predicted molar refractivity (Wildman–Crippen MR) is 105 cm³/mol. The van der Waals surface area contributed by atoms with E-state index in [0.717, 1.165) is 15.8 Å². The van der Waals surface area contributed by atoms with E-state index in [9.17, 15) is 9.90 Å². The van der Waals surface area contributed by atoms with Crippen LogP contribution in [0.3, 0.4) is 0 Å². The summed E-state index contributed by atoms with van der Waals surface area (Å²) in [6.45, 7) is 0.340. The van der Waals surface area contributed by atoms with Crippen LogP contribution in [-0.2, 0) is 0 Å². The minimum atomic E-state index is -1.10. The van der Waals surface area contributed by atoms with Gasteiger partial charge in [0.15, 0.2) is 5.82 Å². The van der Waals surface area contributed by atoms with Crippen LogP contribution in [0.25, 0.3) is 17.1 Å². The van der Waals surface area contributed by atoms with Gasteiger partial charge in [0.05, 0.1) is 10.9 Å². The highest BCUT2D eigenvalue weighted by Gasteiger charge is 2.07. The molecule has 0 spiro atoms. The van der Waals surface area contributed by atoms with Crippen molar-refractivity contribution in [3.63, 3.8) is 0 Å². The Morgan fingerprint density at radius 1 is 1.11 bits per heavy atom. The van der Waals surface area contributed by atoms with Crippen molar-refractivity contribution in [1.29, 1.82) is 0 Å². The monoisotopic (exact) mass is 372 g/mol. The first kappa shape index (κ1) is 17.4. The third kappa shape index (κ3) is 3.73. The lowest BCUT2D eigenvalue weighted by Gasteiger charge is -2.07. The molecule has 1 aliphatic rings. The molecule has 0 saturated heterocycles. The molecule has 4 rings (SSSR count). The molecule has 3 aromatic rings. The number of amides is 1. The summed E-state index contributed by atoms with van der Waals surface area (Å²) in [6, 6.07) is 12.8. The van der Waals surface area contributed by atoms with E-state index < -0.39 is 6.09 Å². The summed E-state index contributed by atoms with van der Waals surface area (Å²) in [4.78, 5) is 25.9. The molecule has 0 fully saturated rings. The minimum Gasteiger partial charge on any atom is -0.490 e. The van der Waals surface area contributed by atoms with Crippen LogP contribution in [0, 0.1) is 0 Å². The number of allylic oxidation sites excluding steroid dienone is 2. The highest BCUT2D eigenvalue weighted by molar-refractivity contribution is 5.88. The van der Waals surface area contributed by atoms with Crippen LogP contribution in [0.5, 0.6) is 5.75 Å². The fourth-order valence-corrected chi connectivity index (χ4v) is 2.75. The SMILES string of the molecule is O=C(O)N1C=C/C=C\COc2ccc3ncnc(c3c2)N=c2cccc/c2=C/1. The van der Waals surface area contributed by atoms with Crippen LogP contribution >= 0.6 is 0 Å². The Labute approximate surface area is 160 Å². The number of para-hydroxylation sites is 1. The largest absolute Gasteiger partial charge is 0.490 e. The van der Waals surface area contributed by atoms with E-state index in [1.807, 2.05) is 36.4 Å². The molecule has 7 nitrogen and oxygen atoms in total. The van der Waals surface area contributed by atoms with Crippen LogP contribution < -0.4 is 15.3 Å². The van der Waals surface area contributed by atoms with E-state index in [2.05, 4.69) is 15.0 Å². The lowest BCUT2D eigenvalue weighted by Crippen LogP contribution is -2.29. The average molecular weight is 372 g/mol. The van der Waals surface area contributed by atoms with Crippen LogP contribution in [0.2, 0.25) is 0 Å². The average Bonchev–Trinajstić information content (AvgIpc) is 2.71. The molecule has 1 N–H and O–H groups in total. The predicted octanol–water partition coefficient (Wildman–Crippen LogP) is 2.76. The minimum absolute atomic E-state index is 0.340.